The molecule has 1 aromatic heterocycles. The van der Waals surface area contributed by atoms with Gasteiger partial charge in [-0.15, -0.1) is 0 Å². The van der Waals surface area contributed by atoms with Gasteiger partial charge in [-0.25, -0.2) is 0 Å². The molecule has 0 saturated carbocycles. The van der Waals surface area contributed by atoms with E-state index in [1.165, 1.54) is 0 Å². The fourth-order valence-electron chi connectivity index (χ4n) is 3.82. The number of benzene rings is 1. The molecule has 1 unspecified atom stereocenters. The number of para-hydroxylation sites is 1. The molecule has 130 valence electrons. The van der Waals surface area contributed by atoms with Crippen LogP contribution in [0.25, 0.3) is 0 Å². The van der Waals surface area contributed by atoms with Gasteiger partial charge < -0.3 is 14.8 Å². The van der Waals surface area contributed by atoms with Crippen molar-refractivity contribution in [3.05, 3.63) is 50.9 Å². The van der Waals surface area contributed by atoms with Crippen LogP contribution in [0, 0.1) is 0 Å². The number of methoxy groups -OCH3 is 2. The second kappa shape index (κ2) is 5.84. The van der Waals surface area contributed by atoms with E-state index in [2.05, 4.69) is 15.5 Å². The molecule has 0 saturated heterocycles. The first-order valence-corrected chi connectivity index (χ1v) is 8.20. The van der Waals surface area contributed by atoms with E-state index in [9.17, 15) is 9.59 Å². The van der Waals surface area contributed by atoms with E-state index in [1.54, 1.807) is 20.3 Å². The van der Waals surface area contributed by atoms with Gasteiger partial charge in [-0.3, -0.25) is 19.8 Å². The molecule has 1 aliphatic carbocycles. The summed E-state index contributed by atoms with van der Waals surface area (Å²) in [5.41, 5.74) is 2.52. The highest BCUT2D eigenvalue weighted by Gasteiger charge is 2.39. The second-order valence-electron chi connectivity index (χ2n) is 6.18. The van der Waals surface area contributed by atoms with Crippen LogP contribution in [0.4, 0.5) is 5.82 Å². The summed E-state index contributed by atoms with van der Waals surface area (Å²) in [7, 11) is 3.12. The number of ketones is 1. The fraction of sp³-hybridized carbons (Fsp3) is 0.333. The van der Waals surface area contributed by atoms with Gasteiger partial charge in [0.05, 0.1) is 25.7 Å². The summed E-state index contributed by atoms with van der Waals surface area (Å²) in [6.07, 6.45) is 2.06. The third-order valence-corrected chi connectivity index (χ3v) is 4.87. The molecule has 1 aromatic carbocycles. The van der Waals surface area contributed by atoms with Crippen molar-refractivity contribution in [2.45, 2.75) is 25.2 Å². The quantitative estimate of drug-likeness (QED) is 0.796. The highest BCUT2D eigenvalue weighted by atomic mass is 16.5. The molecule has 1 aliphatic heterocycles. The number of nitrogens with one attached hydrogen (secondary N) is 3. The number of fused-ring (bicyclic) bond motifs is 1. The maximum Gasteiger partial charge on any atom is 0.270 e. The van der Waals surface area contributed by atoms with Crippen LogP contribution >= 0.6 is 0 Å². The summed E-state index contributed by atoms with van der Waals surface area (Å²) in [5.74, 6) is 1.29. The third-order valence-electron chi connectivity index (χ3n) is 4.87. The summed E-state index contributed by atoms with van der Waals surface area (Å²) >= 11 is 0. The van der Waals surface area contributed by atoms with Gasteiger partial charge in [-0.2, -0.15) is 0 Å². The molecule has 25 heavy (non-hydrogen) atoms. The zero-order valence-corrected chi connectivity index (χ0v) is 14.1. The van der Waals surface area contributed by atoms with Crippen molar-refractivity contribution in [2.75, 3.05) is 19.5 Å². The molecule has 4 rings (SSSR count). The van der Waals surface area contributed by atoms with E-state index in [0.29, 0.717) is 34.9 Å². The number of hydrogen-bond donors (Lipinski definition) is 3. The van der Waals surface area contributed by atoms with E-state index < -0.39 is 5.92 Å². The Kier molecular flexibility index (Phi) is 3.63. The van der Waals surface area contributed by atoms with E-state index >= 15 is 0 Å². The maximum absolute atomic E-state index is 12.7. The van der Waals surface area contributed by atoms with E-state index in [-0.39, 0.29) is 11.3 Å². The Hall–Kier alpha value is -2.96. The number of H-pyrrole nitrogens is 2. The highest BCUT2D eigenvalue weighted by molar-refractivity contribution is 6.01. The van der Waals surface area contributed by atoms with Crippen molar-refractivity contribution in [2.24, 2.45) is 0 Å². The van der Waals surface area contributed by atoms with Crippen molar-refractivity contribution >= 4 is 11.6 Å². The minimum atomic E-state index is -0.487. The molecule has 0 fully saturated rings. The summed E-state index contributed by atoms with van der Waals surface area (Å²) < 4.78 is 11.0. The molecule has 7 heteroatoms. The molecule has 0 spiro atoms. The Balaban J connectivity index is 2.01. The monoisotopic (exact) mass is 341 g/mol. The molecule has 2 heterocycles. The number of hydrogen-bond acceptors (Lipinski definition) is 5. The molecule has 1 atom stereocenters. The Morgan fingerprint density at radius 3 is 2.68 bits per heavy atom. The van der Waals surface area contributed by atoms with Crippen molar-refractivity contribution in [3.63, 3.8) is 0 Å². The van der Waals surface area contributed by atoms with Gasteiger partial charge in [0.25, 0.3) is 5.56 Å². The number of anilines is 1. The molecule has 2 aromatic rings. The lowest BCUT2D eigenvalue weighted by molar-refractivity contribution is -0.116. The normalized spacial score (nSPS) is 19.1. The van der Waals surface area contributed by atoms with Gasteiger partial charge in [0.1, 0.15) is 5.82 Å². The van der Waals surface area contributed by atoms with Crippen LogP contribution in [0.1, 0.15) is 36.3 Å². The SMILES string of the molecule is COc1cccc(C2C3=C(CCCC3=O)Nc3[nH][nH]c(=O)c32)c1OC. The fourth-order valence-corrected chi connectivity index (χ4v) is 3.82. The Morgan fingerprint density at radius 1 is 1.08 bits per heavy atom. The van der Waals surface area contributed by atoms with Crippen LogP contribution in [0.3, 0.4) is 0 Å². The molecular weight excluding hydrogens is 322 g/mol. The third kappa shape index (κ3) is 2.26. The van der Waals surface area contributed by atoms with Gasteiger partial charge in [-0.1, -0.05) is 12.1 Å². The Bertz CT molecular complexity index is 938. The first-order valence-electron chi connectivity index (χ1n) is 8.20. The number of Topliss-reactive ketones (excluding diaryl/α,β-unsaturated/α-hetero) is 1. The van der Waals surface area contributed by atoms with Crippen molar-refractivity contribution in [1.29, 1.82) is 0 Å². The van der Waals surface area contributed by atoms with Crippen LogP contribution in [0.2, 0.25) is 0 Å². The molecule has 0 bridgehead atoms. The highest BCUT2D eigenvalue weighted by Crippen LogP contribution is 2.47. The Labute approximate surface area is 144 Å². The van der Waals surface area contributed by atoms with Crippen molar-refractivity contribution in [3.8, 4) is 11.5 Å². The predicted octanol–water partition coefficient (Wildman–Crippen LogP) is 2.28. The number of carbonyl (C=O) groups excluding carboxylic acids is 1. The van der Waals surface area contributed by atoms with E-state index in [0.717, 1.165) is 24.1 Å². The molecule has 2 aliphatic rings. The van der Waals surface area contributed by atoms with Crippen molar-refractivity contribution in [1.82, 2.24) is 10.2 Å². The van der Waals surface area contributed by atoms with Gasteiger partial charge >= 0.3 is 0 Å². The summed E-state index contributed by atoms with van der Waals surface area (Å²) in [4.78, 5) is 25.2. The van der Waals surface area contributed by atoms with Crippen molar-refractivity contribution < 1.29 is 14.3 Å². The zero-order chi connectivity index (χ0) is 17.6. The number of aromatic amines is 2. The predicted molar refractivity (Wildman–Crippen MR) is 92.3 cm³/mol. The van der Waals surface area contributed by atoms with Crippen LogP contribution in [0.5, 0.6) is 11.5 Å². The minimum Gasteiger partial charge on any atom is -0.493 e. The Morgan fingerprint density at radius 2 is 1.92 bits per heavy atom. The molecule has 7 nitrogen and oxygen atoms in total. The average Bonchev–Trinajstić information content (AvgIpc) is 3.00. The van der Waals surface area contributed by atoms with Gasteiger partial charge in [0, 0.05) is 23.3 Å². The van der Waals surface area contributed by atoms with Gasteiger partial charge in [-0.05, 0) is 18.9 Å². The maximum atomic E-state index is 12.7. The molecule has 0 amide bonds. The minimum absolute atomic E-state index is 0.0647. The molecular formula is C18H19N3O4. The van der Waals surface area contributed by atoms with Crippen LogP contribution in [0.15, 0.2) is 34.3 Å². The first-order chi connectivity index (χ1) is 12.2. The summed E-state index contributed by atoms with van der Waals surface area (Å²) in [6.45, 7) is 0. The van der Waals surface area contributed by atoms with E-state index in [1.807, 2.05) is 12.1 Å². The largest absolute Gasteiger partial charge is 0.493 e. The number of aromatic nitrogens is 2. The average molecular weight is 341 g/mol. The number of rotatable bonds is 3. The standard InChI is InChI=1S/C18H19N3O4/c1-24-12-8-3-5-9(16(12)25-2)13-14-10(6-4-7-11(14)22)19-17-15(13)18(23)21-20-17/h3,5,8,13H,4,6-7H2,1-2H3,(H3,19,20,21,23). The number of allylic oxidation sites excluding steroid dienone is 2. The zero-order valence-electron chi connectivity index (χ0n) is 14.1. The second-order valence-corrected chi connectivity index (χ2v) is 6.18. The van der Waals surface area contributed by atoms with Crippen LogP contribution in [-0.2, 0) is 4.79 Å². The van der Waals surface area contributed by atoms with E-state index in [4.69, 9.17) is 9.47 Å². The lowest BCUT2D eigenvalue weighted by atomic mass is 9.76. The summed E-state index contributed by atoms with van der Waals surface area (Å²) in [6, 6.07) is 5.51. The lowest BCUT2D eigenvalue weighted by Crippen LogP contribution is -2.29. The van der Waals surface area contributed by atoms with Gasteiger partial charge in [0.15, 0.2) is 17.3 Å². The molecule has 3 N–H and O–H groups in total. The number of carbonyl (C=O) groups is 1. The smallest absolute Gasteiger partial charge is 0.270 e. The van der Waals surface area contributed by atoms with Crippen LogP contribution in [-0.4, -0.2) is 30.2 Å². The summed E-state index contributed by atoms with van der Waals surface area (Å²) in [5, 5.41) is 8.71. The molecule has 0 radical (unpaired) electrons. The number of ether oxygens (including phenoxy) is 2. The van der Waals surface area contributed by atoms with Crippen LogP contribution < -0.4 is 20.3 Å². The van der Waals surface area contributed by atoms with Gasteiger partial charge in [0.2, 0.25) is 0 Å². The lowest BCUT2D eigenvalue weighted by Gasteiger charge is -2.32. The topological polar surface area (TPSA) is 96.2 Å². The first kappa shape index (κ1) is 15.6.